The van der Waals surface area contributed by atoms with E-state index in [1.54, 1.807) is 12.1 Å². The SMILES string of the molecule is O=CO.O=S(=O)(Nc1ccc(F)cn1)c1c(F)cc(NCc2c(F)cccc2CN2CCC2)cc1F. The molecule has 0 amide bonds. The summed E-state index contributed by atoms with van der Waals surface area (Å²) in [5.74, 6) is -4.14. The molecule has 8 nitrogen and oxygen atoms in total. The standard InChI is InChI=1S/C22H20F4N4O2S.CH2O2/c23-15-5-6-21(28-11-15)29-33(31,32)22-19(25)9-16(10-20(22)26)27-12-17-14(3-1-4-18(17)24)13-30-7-2-8-30;2-1-3/h1,3-6,9-11,27H,2,7-8,12-13H2,(H,28,29);1H,(H,2,3). The van der Waals surface area contributed by atoms with Gasteiger partial charge in [0, 0.05) is 24.3 Å². The van der Waals surface area contributed by atoms with E-state index >= 15 is 0 Å². The normalized spacial score (nSPS) is 13.2. The Morgan fingerprint density at radius 1 is 1.03 bits per heavy atom. The van der Waals surface area contributed by atoms with Crippen molar-refractivity contribution in [1.29, 1.82) is 0 Å². The Kier molecular flexibility index (Phi) is 8.83. The summed E-state index contributed by atoms with van der Waals surface area (Å²) >= 11 is 0. The highest BCUT2D eigenvalue weighted by atomic mass is 32.2. The van der Waals surface area contributed by atoms with E-state index in [4.69, 9.17) is 9.90 Å². The third kappa shape index (κ3) is 6.70. The highest BCUT2D eigenvalue weighted by Gasteiger charge is 2.26. The third-order valence-corrected chi connectivity index (χ3v) is 6.67. The Balaban J connectivity index is 0.00000115. The second-order valence-electron chi connectivity index (χ2n) is 7.70. The van der Waals surface area contributed by atoms with E-state index < -0.39 is 38.2 Å². The molecule has 0 saturated carbocycles. The van der Waals surface area contributed by atoms with Gasteiger partial charge in [-0.1, -0.05) is 12.1 Å². The molecule has 0 radical (unpaired) electrons. The lowest BCUT2D eigenvalue weighted by atomic mass is 10.0. The average molecular weight is 527 g/mol. The maximum atomic E-state index is 14.6. The number of carboxylic acid groups (broad SMARTS) is 1. The molecule has 0 aliphatic carbocycles. The van der Waals surface area contributed by atoms with Gasteiger partial charge in [-0.05, 0) is 55.4 Å². The first kappa shape index (κ1) is 26.9. The number of aromatic nitrogens is 1. The van der Waals surface area contributed by atoms with Crippen LogP contribution in [0, 0.1) is 23.3 Å². The van der Waals surface area contributed by atoms with Gasteiger partial charge in [0.1, 0.15) is 29.1 Å². The minimum Gasteiger partial charge on any atom is -0.483 e. The number of pyridine rings is 1. The maximum Gasteiger partial charge on any atom is 0.290 e. The Hall–Kier alpha value is -3.71. The molecule has 1 saturated heterocycles. The number of rotatable bonds is 8. The summed E-state index contributed by atoms with van der Waals surface area (Å²) < 4.78 is 83.4. The lowest BCUT2D eigenvalue weighted by Crippen LogP contribution is -2.36. The van der Waals surface area contributed by atoms with Crippen LogP contribution in [0.5, 0.6) is 0 Å². The molecule has 1 aromatic heterocycles. The van der Waals surface area contributed by atoms with Gasteiger partial charge in [0.05, 0.1) is 6.20 Å². The zero-order chi connectivity index (χ0) is 26.3. The van der Waals surface area contributed by atoms with Crippen molar-refractivity contribution in [2.24, 2.45) is 0 Å². The summed E-state index contributed by atoms with van der Waals surface area (Å²) in [4.78, 5) is 12.8. The number of sulfonamides is 1. The van der Waals surface area contributed by atoms with Crippen LogP contribution in [0.4, 0.5) is 29.1 Å². The highest BCUT2D eigenvalue weighted by molar-refractivity contribution is 7.92. The van der Waals surface area contributed by atoms with E-state index in [1.165, 1.54) is 6.07 Å². The molecule has 1 aliphatic heterocycles. The lowest BCUT2D eigenvalue weighted by molar-refractivity contribution is -0.122. The molecular formula is C23H22F4N4O4S. The maximum absolute atomic E-state index is 14.6. The molecule has 0 spiro atoms. The second kappa shape index (κ2) is 11.8. The molecule has 2 heterocycles. The van der Waals surface area contributed by atoms with Crippen LogP contribution in [0.1, 0.15) is 17.5 Å². The number of halogens is 4. The molecule has 13 heteroatoms. The van der Waals surface area contributed by atoms with E-state index in [2.05, 4.69) is 15.2 Å². The topological polar surface area (TPSA) is 112 Å². The van der Waals surface area contributed by atoms with Gasteiger partial charge < -0.3 is 10.4 Å². The number of benzene rings is 2. The van der Waals surface area contributed by atoms with Crippen molar-refractivity contribution in [3.63, 3.8) is 0 Å². The van der Waals surface area contributed by atoms with Crippen LogP contribution < -0.4 is 10.0 Å². The molecule has 2 aromatic carbocycles. The van der Waals surface area contributed by atoms with E-state index in [1.807, 2.05) is 4.72 Å². The average Bonchev–Trinajstić information content (AvgIpc) is 2.77. The summed E-state index contributed by atoms with van der Waals surface area (Å²) in [6, 6.07) is 8.30. The Bertz CT molecular complexity index is 1300. The molecule has 3 aromatic rings. The monoisotopic (exact) mass is 526 g/mol. The molecule has 0 unspecified atom stereocenters. The number of nitrogens with one attached hydrogen (secondary N) is 2. The van der Waals surface area contributed by atoms with Crippen LogP contribution in [0.25, 0.3) is 0 Å². The minimum absolute atomic E-state index is 0.0431. The third-order valence-electron chi connectivity index (χ3n) is 5.26. The Morgan fingerprint density at radius 3 is 2.25 bits per heavy atom. The van der Waals surface area contributed by atoms with Gasteiger partial charge in [-0.3, -0.25) is 14.4 Å². The minimum atomic E-state index is -4.67. The summed E-state index contributed by atoms with van der Waals surface area (Å²) in [6.07, 6.45) is 1.85. The van der Waals surface area contributed by atoms with Crippen molar-refractivity contribution >= 4 is 28.0 Å². The van der Waals surface area contributed by atoms with Crippen molar-refractivity contribution in [3.8, 4) is 0 Å². The highest BCUT2D eigenvalue weighted by Crippen LogP contribution is 2.26. The van der Waals surface area contributed by atoms with E-state index in [9.17, 15) is 26.0 Å². The summed E-state index contributed by atoms with van der Waals surface area (Å²) in [5.41, 5.74) is 1.08. The van der Waals surface area contributed by atoms with Crippen molar-refractivity contribution in [2.75, 3.05) is 23.1 Å². The summed E-state index contributed by atoms with van der Waals surface area (Å²) in [5, 5.41) is 9.65. The quantitative estimate of drug-likeness (QED) is 0.301. The van der Waals surface area contributed by atoms with Crippen LogP contribution >= 0.6 is 0 Å². The van der Waals surface area contributed by atoms with Crippen LogP contribution in [0.2, 0.25) is 0 Å². The molecule has 1 fully saturated rings. The van der Waals surface area contributed by atoms with Crippen molar-refractivity contribution in [2.45, 2.75) is 24.4 Å². The molecule has 0 atom stereocenters. The predicted octanol–water partition coefficient (Wildman–Crippen LogP) is 3.96. The van der Waals surface area contributed by atoms with Gasteiger partial charge in [0.2, 0.25) is 0 Å². The smallest absolute Gasteiger partial charge is 0.290 e. The number of hydrogen-bond donors (Lipinski definition) is 3. The van der Waals surface area contributed by atoms with Gasteiger partial charge in [-0.2, -0.15) is 0 Å². The van der Waals surface area contributed by atoms with Crippen molar-refractivity contribution in [1.82, 2.24) is 9.88 Å². The number of likely N-dealkylation sites (tertiary alicyclic amines) is 1. The van der Waals surface area contributed by atoms with Gasteiger partial charge in [0.15, 0.2) is 4.90 Å². The fourth-order valence-corrected chi connectivity index (χ4v) is 4.59. The number of hydrogen-bond acceptors (Lipinski definition) is 6. The van der Waals surface area contributed by atoms with Gasteiger partial charge >= 0.3 is 0 Å². The zero-order valence-electron chi connectivity index (χ0n) is 18.7. The molecular weight excluding hydrogens is 504 g/mol. The fourth-order valence-electron chi connectivity index (χ4n) is 3.46. The second-order valence-corrected chi connectivity index (χ2v) is 9.32. The molecule has 1 aliphatic rings. The van der Waals surface area contributed by atoms with Crippen LogP contribution in [-0.4, -0.2) is 43.0 Å². The van der Waals surface area contributed by atoms with E-state index in [0.717, 1.165) is 55.5 Å². The Morgan fingerprint density at radius 2 is 1.69 bits per heavy atom. The zero-order valence-corrected chi connectivity index (χ0v) is 19.5. The first-order valence-electron chi connectivity index (χ1n) is 10.6. The molecule has 0 bridgehead atoms. The number of nitrogens with zero attached hydrogens (tertiary/aromatic N) is 2. The van der Waals surface area contributed by atoms with Gasteiger partial charge in [0.25, 0.3) is 16.5 Å². The number of carbonyl (C=O) groups is 1. The van der Waals surface area contributed by atoms with E-state index in [0.29, 0.717) is 12.1 Å². The van der Waals surface area contributed by atoms with Gasteiger partial charge in [-0.15, -0.1) is 0 Å². The van der Waals surface area contributed by atoms with Gasteiger partial charge in [-0.25, -0.2) is 31.0 Å². The molecule has 3 N–H and O–H groups in total. The van der Waals surface area contributed by atoms with Crippen LogP contribution in [-0.2, 0) is 27.9 Å². The lowest BCUT2D eigenvalue weighted by Gasteiger charge is -2.31. The predicted molar refractivity (Wildman–Crippen MR) is 124 cm³/mol. The molecule has 192 valence electrons. The number of anilines is 2. The van der Waals surface area contributed by atoms with E-state index in [-0.39, 0.29) is 24.5 Å². The van der Waals surface area contributed by atoms with Crippen molar-refractivity contribution < 1.29 is 35.9 Å². The first-order chi connectivity index (χ1) is 17.1. The molecule has 4 rings (SSSR count). The first-order valence-corrected chi connectivity index (χ1v) is 12.1. The van der Waals surface area contributed by atoms with Crippen molar-refractivity contribution in [3.05, 3.63) is 83.1 Å². The van der Waals surface area contributed by atoms with Crippen LogP contribution in [0.3, 0.4) is 0 Å². The molecule has 36 heavy (non-hydrogen) atoms. The Labute approximate surface area is 204 Å². The summed E-state index contributed by atoms with van der Waals surface area (Å²) in [7, 11) is -4.67. The largest absolute Gasteiger partial charge is 0.483 e. The van der Waals surface area contributed by atoms with Crippen LogP contribution in [0.15, 0.2) is 53.6 Å². The fraction of sp³-hybridized carbons (Fsp3) is 0.217. The summed E-state index contributed by atoms with van der Waals surface area (Å²) in [6.45, 7) is 2.13.